The first kappa shape index (κ1) is 7.86. The third kappa shape index (κ3) is 1.40. The van der Waals surface area contributed by atoms with Crippen LogP contribution < -0.4 is 10.1 Å². The molecule has 1 heterocycles. The average Bonchev–Trinajstić information content (AvgIpc) is 2.16. The second kappa shape index (κ2) is 2.94. The number of amides is 1. The molecule has 3 nitrogen and oxygen atoms in total. The highest BCUT2D eigenvalue weighted by Gasteiger charge is 2.14. The predicted octanol–water partition coefficient (Wildman–Crippen LogP) is 1.66. The van der Waals surface area contributed by atoms with Crippen molar-refractivity contribution in [2.24, 2.45) is 0 Å². The van der Waals surface area contributed by atoms with Crippen LogP contribution in [0.1, 0.15) is 5.56 Å². The zero-order chi connectivity index (χ0) is 9.26. The molecular weight excluding hydrogens is 166 g/mol. The first-order valence-electron chi connectivity index (χ1n) is 3.99. The maximum absolute atomic E-state index is 11.0. The van der Waals surface area contributed by atoms with Gasteiger partial charge in [-0.15, -0.1) is 0 Å². The van der Waals surface area contributed by atoms with Gasteiger partial charge in [-0.2, -0.15) is 0 Å². The zero-order valence-electron chi connectivity index (χ0n) is 7.04. The lowest BCUT2D eigenvalue weighted by Gasteiger charge is -2.17. The van der Waals surface area contributed by atoms with E-state index in [9.17, 15) is 4.79 Å². The molecular formula is C10H9NO2. The topological polar surface area (TPSA) is 38.3 Å². The van der Waals surface area contributed by atoms with Crippen LogP contribution in [0.2, 0.25) is 0 Å². The minimum absolute atomic E-state index is 0.0977. The lowest BCUT2D eigenvalue weighted by atomic mass is 10.1. The van der Waals surface area contributed by atoms with Crippen molar-refractivity contribution in [2.45, 2.75) is 0 Å². The van der Waals surface area contributed by atoms with Gasteiger partial charge >= 0.3 is 0 Å². The molecule has 13 heavy (non-hydrogen) atoms. The molecule has 1 aliphatic rings. The number of ether oxygens (including phenoxy) is 1. The molecule has 3 heteroatoms. The fraction of sp³-hybridized carbons (Fsp3) is 0.100. The Hall–Kier alpha value is -1.77. The summed E-state index contributed by atoms with van der Waals surface area (Å²) in [5.41, 5.74) is 1.68. The van der Waals surface area contributed by atoms with Gasteiger partial charge in [-0.3, -0.25) is 4.79 Å². The quantitative estimate of drug-likeness (QED) is 0.704. The SMILES string of the molecule is C=Cc1ccc2c(c1)NC(=O)CO2. The first-order valence-corrected chi connectivity index (χ1v) is 3.99. The number of anilines is 1. The minimum Gasteiger partial charge on any atom is -0.482 e. The van der Waals surface area contributed by atoms with Crippen LogP contribution in [0, 0.1) is 0 Å². The summed E-state index contributed by atoms with van der Waals surface area (Å²) in [6, 6.07) is 5.55. The van der Waals surface area contributed by atoms with Crippen molar-refractivity contribution in [3.63, 3.8) is 0 Å². The molecule has 1 N–H and O–H groups in total. The monoisotopic (exact) mass is 175 g/mol. The number of nitrogens with one attached hydrogen (secondary N) is 1. The Kier molecular flexibility index (Phi) is 1.77. The summed E-state index contributed by atoms with van der Waals surface area (Å²) in [7, 11) is 0. The average molecular weight is 175 g/mol. The zero-order valence-corrected chi connectivity index (χ0v) is 7.04. The van der Waals surface area contributed by atoms with Crippen LogP contribution in [0.5, 0.6) is 5.75 Å². The standard InChI is InChI=1S/C10H9NO2/c1-2-7-3-4-9-8(5-7)11-10(12)6-13-9/h2-5H,1,6H2,(H,11,12). The molecule has 0 saturated carbocycles. The van der Waals surface area contributed by atoms with Crippen LogP contribution in [0.3, 0.4) is 0 Å². The van der Waals surface area contributed by atoms with E-state index >= 15 is 0 Å². The maximum atomic E-state index is 11.0. The smallest absolute Gasteiger partial charge is 0.262 e. The maximum Gasteiger partial charge on any atom is 0.262 e. The van der Waals surface area contributed by atoms with Crippen LogP contribution in [0.4, 0.5) is 5.69 Å². The number of benzene rings is 1. The van der Waals surface area contributed by atoms with Gasteiger partial charge in [-0.1, -0.05) is 18.7 Å². The van der Waals surface area contributed by atoms with Crippen molar-refractivity contribution in [1.29, 1.82) is 0 Å². The van der Waals surface area contributed by atoms with Gasteiger partial charge in [0.25, 0.3) is 5.91 Å². The summed E-state index contributed by atoms with van der Waals surface area (Å²) in [4.78, 5) is 11.0. The lowest BCUT2D eigenvalue weighted by molar-refractivity contribution is -0.118. The molecule has 2 rings (SSSR count). The van der Waals surface area contributed by atoms with Gasteiger partial charge in [-0.25, -0.2) is 0 Å². The van der Waals surface area contributed by atoms with Crippen LogP contribution in [-0.2, 0) is 4.79 Å². The number of carbonyl (C=O) groups excluding carboxylic acids is 1. The number of hydrogen-bond donors (Lipinski definition) is 1. The highest BCUT2D eigenvalue weighted by Crippen LogP contribution is 2.28. The van der Waals surface area contributed by atoms with E-state index in [4.69, 9.17) is 4.74 Å². The molecule has 0 aliphatic carbocycles. The molecule has 0 unspecified atom stereocenters. The molecule has 1 aromatic rings. The Bertz CT molecular complexity index is 371. The molecule has 0 saturated heterocycles. The first-order chi connectivity index (χ1) is 6.29. The van der Waals surface area contributed by atoms with Gasteiger partial charge in [0.1, 0.15) is 5.75 Å². The molecule has 1 amide bonds. The van der Waals surface area contributed by atoms with Gasteiger partial charge in [0.15, 0.2) is 6.61 Å². The lowest BCUT2D eigenvalue weighted by Crippen LogP contribution is -2.25. The van der Waals surface area contributed by atoms with Gasteiger partial charge in [0.05, 0.1) is 5.69 Å². The van der Waals surface area contributed by atoms with E-state index in [1.807, 2.05) is 18.2 Å². The van der Waals surface area contributed by atoms with E-state index < -0.39 is 0 Å². The molecule has 1 aliphatic heterocycles. The summed E-state index contributed by atoms with van der Waals surface area (Å²) in [6.45, 7) is 3.74. The van der Waals surface area contributed by atoms with Gasteiger partial charge < -0.3 is 10.1 Å². The van der Waals surface area contributed by atoms with Crippen molar-refractivity contribution in [3.8, 4) is 5.75 Å². The fourth-order valence-corrected chi connectivity index (χ4v) is 1.23. The molecule has 0 atom stereocenters. The van der Waals surface area contributed by atoms with Crippen molar-refractivity contribution in [2.75, 3.05) is 11.9 Å². The van der Waals surface area contributed by atoms with Gasteiger partial charge in [0.2, 0.25) is 0 Å². The van der Waals surface area contributed by atoms with Crippen molar-refractivity contribution in [3.05, 3.63) is 30.3 Å². The number of fused-ring (bicyclic) bond motifs is 1. The molecule has 66 valence electrons. The second-order valence-corrected chi connectivity index (χ2v) is 2.80. The largest absolute Gasteiger partial charge is 0.482 e. The third-order valence-electron chi connectivity index (χ3n) is 1.87. The predicted molar refractivity (Wildman–Crippen MR) is 50.7 cm³/mol. The number of rotatable bonds is 1. The summed E-state index contributed by atoms with van der Waals surface area (Å²) in [6.07, 6.45) is 1.72. The Morgan fingerprint density at radius 3 is 3.15 bits per heavy atom. The molecule has 1 aromatic carbocycles. The van der Waals surface area contributed by atoms with Crippen molar-refractivity contribution >= 4 is 17.7 Å². The van der Waals surface area contributed by atoms with Gasteiger partial charge in [0, 0.05) is 0 Å². The van der Waals surface area contributed by atoms with E-state index in [1.54, 1.807) is 6.08 Å². The van der Waals surface area contributed by atoms with E-state index in [-0.39, 0.29) is 12.5 Å². The summed E-state index contributed by atoms with van der Waals surface area (Å²) < 4.78 is 5.19. The number of carbonyl (C=O) groups is 1. The second-order valence-electron chi connectivity index (χ2n) is 2.80. The fourth-order valence-electron chi connectivity index (χ4n) is 1.23. The normalized spacial score (nSPS) is 14.0. The third-order valence-corrected chi connectivity index (χ3v) is 1.87. The molecule has 0 spiro atoms. The Balaban J connectivity index is 2.43. The van der Waals surface area contributed by atoms with E-state index in [0.29, 0.717) is 11.4 Å². The van der Waals surface area contributed by atoms with Crippen LogP contribution in [0.15, 0.2) is 24.8 Å². The summed E-state index contributed by atoms with van der Waals surface area (Å²) in [5, 5.41) is 2.72. The highest BCUT2D eigenvalue weighted by atomic mass is 16.5. The van der Waals surface area contributed by atoms with Gasteiger partial charge in [-0.05, 0) is 17.7 Å². The Labute approximate surface area is 76.0 Å². The van der Waals surface area contributed by atoms with E-state index in [0.717, 1.165) is 5.56 Å². The Morgan fingerprint density at radius 2 is 2.38 bits per heavy atom. The van der Waals surface area contributed by atoms with Crippen LogP contribution in [-0.4, -0.2) is 12.5 Å². The van der Waals surface area contributed by atoms with Crippen molar-refractivity contribution < 1.29 is 9.53 Å². The Morgan fingerprint density at radius 1 is 1.54 bits per heavy atom. The number of hydrogen-bond acceptors (Lipinski definition) is 2. The molecule has 0 fully saturated rings. The van der Waals surface area contributed by atoms with E-state index in [2.05, 4.69) is 11.9 Å². The molecule has 0 radical (unpaired) electrons. The van der Waals surface area contributed by atoms with Crippen molar-refractivity contribution in [1.82, 2.24) is 0 Å². The van der Waals surface area contributed by atoms with E-state index in [1.165, 1.54) is 0 Å². The van der Waals surface area contributed by atoms with Crippen LogP contribution >= 0.6 is 0 Å². The van der Waals surface area contributed by atoms with Crippen LogP contribution in [0.25, 0.3) is 6.08 Å². The summed E-state index contributed by atoms with van der Waals surface area (Å²) in [5.74, 6) is 0.596. The highest BCUT2D eigenvalue weighted by molar-refractivity contribution is 5.95. The molecule has 0 bridgehead atoms. The molecule has 0 aromatic heterocycles. The summed E-state index contributed by atoms with van der Waals surface area (Å²) >= 11 is 0. The minimum atomic E-state index is -0.117.